The van der Waals surface area contributed by atoms with E-state index in [9.17, 15) is 43.2 Å². The molecule has 0 spiro atoms. The van der Waals surface area contributed by atoms with Crippen molar-refractivity contribution in [1.29, 1.82) is 0 Å². The SMILES string of the molecule is [3H]C1CC(C(=O)N2CC([3H])CC2C(=O)NCC(=O)N2CC([3H])CC2C(=O)N2CC([3H])CC2C(=O)NCC(=O)N2CC([3H])CC2C(=O)N2CC([3H])CC2C(=O)NCC=O)N(C)C1. The molecule has 6 fully saturated rings. The van der Waals surface area contributed by atoms with E-state index >= 15 is 0 Å². The molecule has 12 unspecified atom stereocenters. The number of nitrogens with zero attached hydrogens (tertiary/aromatic N) is 6. The maximum Gasteiger partial charge on any atom is 0.246 e. The molecule has 0 radical (unpaired) electrons. The molecule has 0 aromatic heterocycles. The van der Waals surface area contributed by atoms with E-state index in [4.69, 9.17) is 8.22 Å². The quantitative estimate of drug-likeness (QED) is 0.179. The van der Waals surface area contributed by atoms with E-state index in [0.29, 0.717) is 19.3 Å². The summed E-state index contributed by atoms with van der Waals surface area (Å²) in [6, 6.07) is -6.16. The molecule has 55 heavy (non-hydrogen) atoms. The first-order valence-corrected chi connectivity index (χ1v) is 18.9. The number of carbonyl (C=O) groups excluding carboxylic acids is 9. The summed E-state index contributed by atoms with van der Waals surface area (Å²) in [5, 5.41) is 7.43. The Balaban J connectivity index is 1.04. The van der Waals surface area contributed by atoms with Crippen LogP contribution in [0, 0.1) is 0 Å². The molecular weight excluding hydrogens is 714 g/mol. The van der Waals surface area contributed by atoms with Gasteiger partial charge in [0.2, 0.25) is 47.3 Å². The molecule has 0 saturated carbocycles. The second kappa shape index (κ2) is 17.9. The molecule has 6 aliphatic rings. The van der Waals surface area contributed by atoms with Gasteiger partial charge in [-0.3, -0.25) is 43.3 Å². The summed E-state index contributed by atoms with van der Waals surface area (Å²) in [7, 11) is 1.73. The van der Waals surface area contributed by atoms with Gasteiger partial charge in [-0.2, -0.15) is 0 Å². The van der Waals surface area contributed by atoms with Gasteiger partial charge in [0.05, 0.1) is 25.7 Å². The van der Waals surface area contributed by atoms with Crippen LogP contribution in [0.5, 0.6) is 0 Å². The number of hydrogen-bond donors (Lipinski definition) is 3. The molecule has 6 saturated heterocycles. The number of rotatable bonds is 12. The third-order valence-corrected chi connectivity index (χ3v) is 11.2. The standard InChI is InChI=1S/C37H55N9O9/c1-41-15-2-11-27(41)35(53)44-18-4-9-25(44)33(51)39-22-30(48)43-17-7-13-29(43)37(55)46-20-5-10-26(46)34(52)40-23-31(49)42-16-6-12-28(42)36(54)45-19-3-8-24(45)32(50)38-14-21-47/h21,24-29H,2-20,22-23H2,1H3,(H,38,50)(H,39,51)(H,40,52)/i2T,3T,4T,5T,6T,7T. The summed E-state index contributed by atoms with van der Waals surface area (Å²) in [5.41, 5.74) is 0. The van der Waals surface area contributed by atoms with Gasteiger partial charge in [-0.15, -0.1) is 0 Å². The van der Waals surface area contributed by atoms with E-state index in [1.54, 1.807) is 11.9 Å². The van der Waals surface area contributed by atoms with Gasteiger partial charge >= 0.3 is 0 Å². The van der Waals surface area contributed by atoms with E-state index in [-0.39, 0.29) is 77.3 Å². The van der Waals surface area contributed by atoms with Gasteiger partial charge in [-0.25, -0.2) is 0 Å². The molecule has 18 nitrogen and oxygen atoms in total. The molecule has 8 amide bonds. The van der Waals surface area contributed by atoms with Crippen molar-refractivity contribution >= 4 is 53.5 Å². The highest BCUT2D eigenvalue weighted by Gasteiger charge is 2.45. The zero-order valence-electron chi connectivity index (χ0n) is 37.0. The highest BCUT2D eigenvalue weighted by atomic mass is 16.2. The highest BCUT2D eigenvalue weighted by molar-refractivity contribution is 5.97. The number of nitrogens with one attached hydrogen (secondary N) is 3. The first-order valence-electron chi connectivity index (χ1n) is 22.4. The molecule has 6 aliphatic heterocycles. The summed E-state index contributed by atoms with van der Waals surface area (Å²) >= 11 is 0. The zero-order chi connectivity index (χ0) is 44.4. The molecule has 0 aliphatic carbocycles. The third-order valence-electron chi connectivity index (χ3n) is 11.2. The summed E-state index contributed by atoms with van der Waals surface area (Å²) in [5.74, 6) is -5.06. The van der Waals surface area contributed by atoms with Gasteiger partial charge in [0, 0.05) is 40.9 Å². The minimum atomic E-state index is -1.21. The lowest BCUT2D eigenvalue weighted by Gasteiger charge is -2.32. The average Bonchev–Trinajstić information content (AvgIpc) is 4.08. The summed E-state index contributed by atoms with van der Waals surface area (Å²) in [6.07, 6.45) is -3.87. The van der Waals surface area contributed by atoms with Crippen LogP contribution >= 0.6 is 0 Å². The van der Waals surface area contributed by atoms with Crippen LogP contribution in [0.2, 0.25) is 0 Å². The number of likely N-dealkylation sites (tertiary alicyclic amines) is 6. The van der Waals surface area contributed by atoms with Crippen molar-refractivity contribution in [3.05, 3.63) is 0 Å². The normalized spacial score (nSPS) is 37.7. The van der Waals surface area contributed by atoms with Crippen molar-refractivity contribution in [2.24, 2.45) is 0 Å². The maximum absolute atomic E-state index is 14.0. The maximum atomic E-state index is 14.0. The number of hydrogen-bond acceptors (Lipinski definition) is 10. The molecule has 0 aromatic rings. The smallest absolute Gasteiger partial charge is 0.246 e. The molecular formula is C37H55N9O9. The molecule has 0 bridgehead atoms. The van der Waals surface area contributed by atoms with Crippen LogP contribution in [0.4, 0.5) is 0 Å². The molecule has 12 atom stereocenters. The van der Waals surface area contributed by atoms with Crippen molar-refractivity contribution in [1.82, 2.24) is 45.3 Å². The molecule has 18 heteroatoms. The Kier molecular flexibility index (Phi) is 10.6. The lowest BCUT2D eigenvalue weighted by molar-refractivity contribution is -0.148. The molecule has 3 N–H and O–H groups in total. The number of amides is 8. The van der Waals surface area contributed by atoms with Gasteiger partial charge in [0.25, 0.3) is 0 Å². The largest absolute Gasteiger partial charge is 0.348 e. The van der Waals surface area contributed by atoms with Crippen LogP contribution in [0.1, 0.15) is 85.1 Å². The van der Waals surface area contributed by atoms with E-state index in [1.807, 2.05) is 0 Å². The first-order chi connectivity index (χ1) is 28.9. The zero-order valence-corrected chi connectivity index (χ0v) is 31.0. The minimum absolute atomic E-state index is 0.0278. The number of aldehydes is 1. The Morgan fingerprint density at radius 1 is 0.491 bits per heavy atom. The Bertz CT molecular complexity index is 1770. The van der Waals surface area contributed by atoms with E-state index in [1.165, 1.54) is 9.80 Å². The van der Waals surface area contributed by atoms with Crippen LogP contribution in [-0.2, 0) is 43.2 Å². The van der Waals surface area contributed by atoms with Gasteiger partial charge in [0.15, 0.2) is 0 Å². The molecule has 0 aromatic carbocycles. The lowest BCUT2D eigenvalue weighted by Crippen LogP contribution is -2.56. The fourth-order valence-electron chi connectivity index (χ4n) is 8.26. The predicted octanol–water partition coefficient (Wildman–Crippen LogP) is -2.42. The van der Waals surface area contributed by atoms with Crippen LogP contribution in [0.25, 0.3) is 0 Å². The fraction of sp³-hybridized carbons (Fsp3) is 0.757. The fourth-order valence-corrected chi connectivity index (χ4v) is 8.26. The Labute approximate surface area is 329 Å². The number of carbonyl (C=O) groups is 9. The topological polar surface area (TPSA) is 209 Å². The lowest BCUT2D eigenvalue weighted by atomic mass is 10.1. The molecule has 302 valence electrons. The van der Waals surface area contributed by atoms with Gasteiger partial charge in [-0.05, 0) is 90.5 Å². The van der Waals surface area contributed by atoms with Gasteiger partial charge in [0.1, 0.15) is 36.5 Å². The number of likely N-dealkylation sites (N-methyl/N-ethyl adjacent to an activating group) is 1. The van der Waals surface area contributed by atoms with E-state index < -0.39 is 129 Å². The van der Waals surface area contributed by atoms with Gasteiger partial charge < -0.3 is 45.2 Å². The van der Waals surface area contributed by atoms with Gasteiger partial charge in [-0.1, -0.05) is 0 Å². The van der Waals surface area contributed by atoms with Crippen LogP contribution in [0.15, 0.2) is 0 Å². The molecule has 6 heterocycles. The van der Waals surface area contributed by atoms with Crippen molar-refractivity contribution < 1.29 is 51.4 Å². The Morgan fingerprint density at radius 3 is 1.20 bits per heavy atom. The Hall–Kier alpha value is -4.61. The van der Waals surface area contributed by atoms with Crippen molar-refractivity contribution in [2.75, 3.05) is 66.0 Å². The third kappa shape index (κ3) is 8.63. The predicted molar refractivity (Wildman–Crippen MR) is 194 cm³/mol. The minimum Gasteiger partial charge on any atom is -0.348 e. The second-order valence-corrected chi connectivity index (χ2v) is 14.6. The van der Waals surface area contributed by atoms with Crippen molar-refractivity contribution in [3.8, 4) is 0 Å². The molecule has 6 rings (SSSR count). The van der Waals surface area contributed by atoms with E-state index in [0.717, 1.165) is 14.7 Å². The first kappa shape index (κ1) is 32.6. The van der Waals surface area contributed by atoms with Crippen LogP contribution in [0.3, 0.4) is 0 Å². The van der Waals surface area contributed by atoms with Crippen LogP contribution < -0.4 is 16.0 Å². The van der Waals surface area contributed by atoms with Crippen LogP contribution in [-0.4, -0.2) is 185 Å². The van der Waals surface area contributed by atoms with Crippen molar-refractivity contribution in [2.45, 2.75) is 113 Å². The summed E-state index contributed by atoms with van der Waals surface area (Å²) in [6.45, 7) is -1.56. The highest BCUT2D eigenvalue weighted by Crippen LogP contribution is 2.28. The second-order valence-electron chi connectivity index (χ2n) is 14.6. The summed E-state index contributed by atoms with van der Waals surface area (Å²) in [4.78, 5) is 126. The average molecular weight is 782 g/mol. The van der Waals surface area contributed by atoms with Crippen molar-refractivity contribution in [3.63, 3.8) is 0 Å². The Morgan fingerprint density at radius 2 is 0.818 bits per heavy atom. The van der Waals surface area contributed by atoms with E-state index in [2.05, 4.69) is 16.0 Å². The summed E-state index contributed by atoms with van der Waals surface area (Å²) < 4.78 is 49.5. The monoisotopic (exact) mass is 781 g/mol.